The molecule has 0 amide bonds. The van der Waals surface area contributed by atoms with E-state index in [1.807, 2.05) is 0 Å². The molecule has 0 saturated heterocycles. The van der Waals surface area contributed by atoms with Gasteiger partial charge >= 0.3 is 29.6 Å². The van der Waals surface area contributed by atoms with Crippen molar-refractivity contribution in [1.82, 2.24) is 9.30 Å². The Kier molecular flexibility index (Phi) is 12.2. The third-order valence-corrected chi connectivity index (χ3v) is 13.5. The fourth-order valence-corrected chi connectivity index (χ4v) is 20.2. The number of hydrogen-bond acceptors (Lipinski definition) is 2. The van der Waals surface area contributed by atoms with Gasteiger partial charge in [0.2, 0.25) is 0 Å². The smallest absolute Gasteiger partial charge is 1.00 e. The van der Waals surface area contributed by atoms with Crippen molar-refractivity contribution < 1.29 is 31.0 Å². The summed E-state index contributed by atoms with van der Waals surface area (Å²) in [5.41, 5.74) is 0. The predicted octanol–water partition coefficient (Wildman–Crippen LogP) is 1.61. The first-order chi connectivity index (χ1) is 7.41. The Morgan fingerprint density at radius 1 is 0.421 bits per heavy atom. The van der Waals surface area contributed by atoms with Crippen LogP contribution < -0.4 is 38.9 Å². The van der Waals surface area contributed by atoms with E-state index in [2.05, 4.69) is 87.9 Å². The molecule has 7 heteroatoms. The third kappa shape index (κ3) is 32.9. The zero-order valence-electron chi connectivity index (χ0n) is 17.0. The summed E-state index contributed by atoms with van der Waals surface area (Å²) in [6.07, 6.45) is 0. The molecule has 0 spiro atoms. The fraction of sp³-hybridized carbons (Fsp3) is 1.00. The van der Waals surface area contributed by atoms with Crippen LogP contribution in [0.25, 0.3) is 0 Å². The molecule has 0 aromatic heterocycles. The van der Waals surface area contributed by atoms with Crippen LogP contribution in [0.1, 0.15) is 1.43 Å². The van der Waals surface area contributed by atoms with Gasteiger partial charge in [-0.05, 0) is 0 Å². The van der Waals surface area contributed by atoms with Crippen LogP contribution in [0, 0.1) is 0 Å². The second-order valence-electron chi connectivity index (χ2n) is 9.25. The summed E-state index contributed by atoms with van der Waals surface area (Å²) < 4.78 is 7.47. The van der Waals surface area contributed by atoms with E-state index in [1.165, 1.54) is 0 Å². The molecule has 0 aliphatic heterocycles. The van der Waals surface area contributed by atoms with Crippen LogP contribution in [0.15, 0.2) is 0 Å². The van der Waals surface area contributed by atoms with E-state index in [0.717, 1.165) is 0 Å². The van der Waals surface area contributed by atoms with Crippen molar-refractivity contribution in [1.29, 1.82) is 0 Å². The minimum Gasteiger partial charge on any atom is -1.00 e. The van der Waals surface area contributed by atoms with E-state index in [0.29, 0.717) is 0 Å². The molecule has 0 aliphatic carbocycles. The van der Waals surface area contributed by atoms with Crippen molar-refractivity contribution in [3.63, 3.8) is 0 Å². The minimum atomic E-state index is -0.981. The SMILES string of the molecule is C[Si](C)(C)N[Si](C)(C)C.C[Si](C)(C)N[Si](C)(C)C.[H-].[Na+]. The third-order valence-electron chi connectivity index (χ3n) is 1.50. The standard InChI is InChI=1S/2C6H19NSi2.Na.H/c2*1-8(2,3)7-9(4,5)6;;/h2*7H,1-6H3;;/q;;+1;-1. The number of nitrogens with one attached hydrogen (secondary N) is 2. The molecule has 0 fully saturated rings. The van der Waals surface area contributed by atoms with Gasteiger partial charge in [-0.3, -0.25) is 0 Å². The normalized spacial score (nSPS) is 13.3. The largest absolute Gasteiger partial charge is 1.00 e. The summed E-state index contributed by atoms with van der Waals surface area (Å²) in [7, 11) is -3.92. The molecule has 114 valence electrons. The molecule has 0 aromatic carbocycles. The number of hydrogen-bond donors (Lipinski definition) is 2. The Balaban J connectivity index is -0.000000116. The molecule has 2 nitrogen and oxygen atoms in total. The van der Waals surface area contributed by atoms with Crippen molar-refractivity contribution in [3.8, 4) is 0 Å². The van der Waals surface area contributed by atoms with Crippen LogP contribution in [0.4, 0.5) is 0 Å². The molecule has 0 atom stereocenters. The van der Waals surface area contributed by atoms with Crippen LogP contribution in [-0.4, -0.2) is 32.9 Å². The van der Waals surface area contributed by atoms with Gasteiger partial charge < -0.3 is 10.7 Å². The second kappa shape index (κ2) is 9.05. The monoisotopic (exact) mass is 346 g/mol. The second-order valence-corrected chi connectivity index (χ2v) is 29.2. The van der Waals surface area contributed by atoms with Crippen molar-refractivity contribution in [2.24, 2.45) is 0 Å². The van der Waals surface area contributed by atoms with E-state index in [1.54, 1.807) is 0 Å². The van der Waals surface area contributed by atoms with Crippen molar-refractivity contribution in [2.75, 3.05) is 0 Å². The number of rotatable bonds is 4. The summed E-state index contributed by atoms with van der Waals surface area (Å²) in [4.78, 5) is 0. The maximum Gasteiger partial charge on any atom is 1.00 e. The van der Waals surface area contributed by atoms with E-state index in [9.17, 15) is 0 Å². The Morgan fingerprint density at radius 3 is 0.526 bits per heavy atom. The molecule has 0 aliphatic rings. The van der Waals surface area contributed by atoms with E-state index in [-0.39, 0.29) is 31.0 Å². The van der Waals surface area contributed by atoms with Gasteiger partial charge in [0.25, 0.3) is 0 Å². The van der Waals surface area contributed by atoms with Crippen molar-refractivity contribution in [3.05, 3.63) is 0 Å². The van der Waals surface area contributed by atoms with Crippen LogP contribution >= 0.6 is 0 Å². The quantitative estimate of drug-likeness (QED) is 0.756. The summed E-state index contributed by atoms with van der Waals surface area (Å²) in [5, 5.41) is 0. The first kappa shape index (κ1) is 25.7. The average Bonchev–Trinajstić information content (AvgIpc) is 1.64. The summed E-state index contributed by atoms with van der Waals surface area (Å²) in [5.74, 6) is 0. The maximum absolute atomic E-state index is 3.74. The molecular formula is C12H39N2NaSi4. The zero-order chi connectivity index (χ0) is 15.4. The summed E-state index contributed by atoms with van der Waals surface area (Å²) in [6, 6.07) is 0. The van der Waals surface area contributed by atoms with E-state index in [4.69, 9.17) is 0 Å². The topological polar surface area (TPSA) is 24.1 Å². The summed E-state index contributed by atoms with van der Waals surface area (Å²) >= 11 is 0. The maximum atomic E-state index is 3.74. The zero-order valence-corrected chi connectivity index (χ0v) is 22.0. The molecule has 0 heterocycles. The van der Waals surface area contributed by atoms with Gasteiger partial charge in [-0.25, -0.2) is 0 Å². The van der Waals surface area contributed by atoms with Crippen LogP contribution in [0.2, 0.25) is 78.6 Å². The first-order valence-electron chi connectivity index (χ1n) is 7.00. The molecule has 0 rings (SSSR count). The van der Waals surface area contributed by atoms with Gasteiger partial charge in [0, 0.05) is 0 Å². The van der Waals surface area contributed by atoms with Gasteiger partial charge in [0.05, 0.1) is 0 Å². The van der Waals surface area contributed by atoms with E-state index < -0.39 is 32.9 Å². The van der Waals surface area contributed by atoms with Crippen molar-refractivity contribution >= 4 is 32.9 Å². The Labute approximate surface area is 151 Å². The molecule has 19 heavy (non-hydrogen) atoms. The van der Waals surface area contributed by atoms with Gasteiger partial charge in [-0.2, -0.15) is 0 Å². The van der Waals surface area contributed by atoms with E-state index >= 15 is 0 Å². The van der Waals surface area contributed by atoms with Crippen LogP contribution in [0.5, 0.6) is 0 Å². The molecular weight excluding hydrogens is 307 g/mol. The molecule has 0 radical (unpaired) electrons. The van der Waals surface area contributed by atoms with Gasteiger partial charge in [0.15, 0.2) is 0 Å². The Bertz CT molecular complexity index is 190. The molecule has 2 N–H and O–H groups in total. The predicted molar refractivity (Wildman–Crippen MR) is 101 cm³/mol. The Morgan fingerprint density at radius 2 is 0.526 bits per heavy atom. The van der Waals surface area contributed by atoms with Gasteiger partial charge in [-0.15, -0.1) is 0 Å². The van der Waals surface area contributed by atoms with Crippen LogP contribution in [-0.2, 0) is 0 Å². The van der Waals surface area contributed by atoms with Gasteiger partial charge in [-0.1, -0.05) is 78.6 Å². The fourth-order valence-electron chi connectivity index (χ4n) is 2.25. The molecule has 0 aromatic rings. The van der Waals surface area contributed by atoms with Gasteiger partial charge in [0.1, 0.15) is 32.9 Å². The molecule has 0 bridgehead atoms. The molecule has 0 unspecified atom stereocenters. The molecule has 0 saturated carbocycles. The minimum absolute atomic E-state index is 0. The summed E-state index contributed by atoms with van der Waals surface area (Å²) in [6.45, 7) is 28.2. The first-order valence-corrected chi connectivity index (χ1v) is 21.0. The average molecular weight is 347 g/mol. The van der Waals surface area contributed by atoms with Crippen LogP contribution in [0.3, 0.4) is 0 Å². The Hall–Kier alpha value is 1.79. The van der Waals surface area contributed by atoms with Crippen molar-refractivity contribution in [2.45, 2.75) is 78.6 Å².